The molecule has 0 aromatic heterocycles. The Balaban J connectivity index is 0.000000332. The van der Waals surface area contributed by atoms with Gasteiger partial charge >= 0.3 is 39.8 Å². The van der Waals surface area contributed by atoms with E-state index in [2.05, 4.69) is 37.5 Å². The van der Waals surface area contributed by atoms with Crippen molar-refractivity contribution in [1.82, 2.24) is 9.80 Å². The summed E-state index contributed by atoms with van der Waals surface area (Å²) in [6.45, 7) is 10.7. The summed E-state index contributed by atoms with van der Waals surface area (Å²) in [6, 6.07) is -0.814. The van der Waals surface area contributed by atoms with Crippen LogP contribution in [0.2, 0.25) is 0 Å². The molecule has 4 atom stereocenters. The summed E-state index contributed by atoms with van der Waals surface area (Å²) in [5.41, 5.74) is -5.77. The number of fused-ring (bicyclic) bond motifs is 4. The van der Waals surface area contributed by atoms with Gasteiger partial charge in [-0.15, -0.1) is 12.3 Å². The van der Waals surface area contributed by atoms with Crippen LogP contribution >= 0.6 is 0 Å². The van der Waals surface area contributed by atoms with E-state index in [1.54, 1.807) is 20.8 Å². The highest BCUT2D eigenvalue weighted by Gasteiger charge is 2.51. The number of methoxy groups -OCH3 is 2. The molecule has 2 amide bonds. The monoisotopic (exact) mass is 844 g/mol. The SMILES string of the molecule is C#CCCCC(=O)OC.CC(C)(C)OC(=O)N1C2CC[C@@H]1CCC=C2OS(=O)(=O)C(F)(F)F.COC(=O)CCCC#CC1=CCC[C@H]2CCC1N2C(=O)OC(C)(C)C. The first-order chi connectivity index (χ1) is 26.9. The van der Waals surface area contributed by atoms with Gasteiger partial charge in [0.1, 0.15) is 17.0 Å². The molecule has 0 aromatic carbocycles. The Morgan fingerprint density at radius 1 is 0.741 bits per heavy atom. The summed E-state index contributed by atoms with van der Waals surface area (Å²) in [4.78, 5) is 49.7. The zero-order valence-electron chi connectivity index (χ0n) is 34.9. The molecular formula is C41H59F3N2O11S. The van der Waals surface area contributed by atoms with Crippen molar-refractivity contribution in [2.75, 3.05) is 14.2 Å². The van der Waals surface area contributed by atoms with Gasteiger partial charge in [0, 0.05) is 43.3 Å². The second kappa shape index (κ2) is 22.1. The van der Waals surface area contributed by atoms with E-state index in [1.165, 1.54) is 25.2 Å². The molecule has 58 heavy (non-hydrogen) atoms. The molecule has 2 unspecified atom stereocenters. The molecule has 4 rings (SSSR count). The third kappa shape index (κ3) is 16.1. The van der Waals surface area contributed by atoms with Gasteiger partial charge in [0.15, 0.2) is 0 Å². The maximum Gasteiger partial charge on any atom is 0.534 e. The lowest BCUT2D eigenvalue weighted by Crippen LogP contribution is -2.45. The molecule has 13 nitrogen and oxygen atoms in total. The molecule has 0 spiro atoms. The quantitative estimate of drug-likeness (QED) is 0.0582. The molecule has 2 fully saturated rings. The van der Waals surface area contributed by atoms with Gasteiger partial charge in [-0.2, -0.15) is 21.6 Å². The van der Waals surface area contributed by atoms with E-state index in [1.807, 2.05) is 25.7 Å². The van der Waals surface area contributed by atoms with E-state index < -0.39 is 39.0 Å². The fourth-order valence-electron chi connectivity index (χ4n) is 6.64. The van der Waals surface area contributed by atoms with Gasteiger partial charge in [0.05, 0.1) is 26.3 Å². The number of rotatable bonds is 8. The summed E-state index contributed by atoms with van der Waals surface area (Å²) in [6.07, 6.45) is 16.6. The molecule has 17 heteroatoms. The zero-order chi connectivity index (χ0) is 43.9. The minimum Gasteiger partial charge on any atom is -0.469 e. The smallest absolute Gasteiger partial charge is 0.469 e. The highest BCUT2D eigenvalue weighted by molar-refractivity contribution is 7.87. The lowest BCUT2D eigenvalue weighted by molar-refractivity contribution is -0.141. The van der Waals surface area contributed by atoms with Gasteiger partial charge < -0.3 is 23.1 Å². The van der Waals surface area contributed by atoms with E-state index in [9.17, 15) is 40.8 Å². The van der Waals surface area contributed by atoms with Crippen molar-refractivity contribution in [1.29, 1.82) is 0 Å². The van der Waals surface area contributed by atoms with Gasteiger partial charge in [0.25, 0.3) is 0 Å². The van der Waals surface area contributed by atoms with Gasteiger partial charge in [-0.25, -0.2) is 9.59 Å². The van der Waals surface area contributed by atoms with Crippen molar-refractivity contribution >= 4 is 34.2 Å². The normalized spacial score (nSPS) is 21.3. The van der Waals surface area contributed by atoms with Crippen LogP contribution in [0.4, 0.5) is 22.8 Å². The van der Waals surface area contributed by atoms with Crippen molar-refractivity contribution in [3.05, 3.63) is 23.5 Å². The number of terminal acetylenes is 1. The lowest BCUT2D eigenvalue weighted by Gasteiger charge is -2.31. The highest BCUT2D eigenvalue weighted by Crippen LogP contribution is 2.39. The summed E-state index contributed by atoms with van der Waals surface area (Å²) < 4.78 is 84.5. The van der Waals surface area contributed by atoms with Crippen LogP contribution in [-0.2, 0) is 42.8 Å². The van der Waals surface area contributed by atoms with Crippen LogP contribution in [0.5, 0.6) is 0 Å². The average Bonchev–Trinajstić information content (AvgIpc) is 3.62. The van der Waals surface area contributed by atoms with Gasteiger partial charge in [-0.3, -0.25) is 19.4 Å². The summed E-state index contributed by atoms with van der Waals surface area (Å²) >= 11 is 0. The van der Waals surface area contributed by atoms with Crippen LogP contribution in [0.25, 0.3) is 0 Å². The van der Waals surface area contributed by atoms with Crippen LogP contribution in [0.1, 0.15) is 131 Å². The summed E-state index contributed by atoms with van der Waals surface area (Å²) in [5.74, 6) is 8.07. The molecule has 0 saturated carbocycles. The fourth-order valence-corrected chi connectivity index (χ4v) is 7.17. The molecular weight excluding hydrogens is 786 g/mol. The molecule has 0 N–H and O–H groups in total. The number of esters is 2. The van der Waals surface area contributed by atoms with E-state index >= 15 is 0 Å². The Kier molecular flexibility index (Phi) is 19.0. The molecule has 4 aliphatic heterocycles. The lowest BCUT2D eigenvalue weighted by atomic mass is 10.00. The number of amides is 2. The van der Waals surface area contributed by atoms with Crippen molar-refractivity contribution in [3.8, 4) is 24.2 Å². The molecule has 2 saturated heterocycles. The Morgan fingerprint density at radius 3 is 1.67 bits per heavy atom. The predicted octanol–water partition coefficient (Wildman–Crippen LogP) is 8.08. The van der Waals surface area contributed by atoms with Gasteiger partial charge in [0.2, 0.25) is 0 Å². The fraction of sp³-hybridized carbons (Fsp3) is 0.707. The van der Waals surface area contributed by atoms with E-state index in [0.717, 1.165) is 37.7 Å². The number of hydrogen-bond donors (Lipinski definition) is 0. The van der Waals surface area contributed by atoms with E-state index in [-0.39, 0.29) is 41.9 Å². The number of nitrogens with zero attached hydrogens (tertiary/aromatic N) is 2. The topological polar surface area (TPSA) is 155 Å². The number of alkyl halides is 3. The summed E-state index contributed by atoms with van der Waals surface area (Å²) in [7, 11) is -3.00. The number of hydrogen-bond acceptors (Lipinski definition) is 11. The molecule has 0 aliphatic carbocycles. The van der Waals surface area contributed by atoms with Crippen LogP contribution in [0, 0.1) is 24.2 Å². The Labute approximate surface area is 341 Å². The maximum atomic E-state index is 12.6. The standard InChI is InChI=1S/C20H29NO4.C14H20F3NO5S.C7H10O2/c1-20(2,3)25-19(23)21-16-11-8-10-15(17(21)14-13-16)9-6-5-7-12-18(22)24-4;1-13(2,3)22-12(19)18-9-5-4-6-11(10(18)8-7-9)23-24(20,21)14(15,16)17;1-3-4-5-6-7(8)9-2/h10,16-17H,5,7-8,11-14H2,1-4H3;6,9-10H,4-5,7-8H2,1-3H3;1H,4-6H2,2H3/t16-,17?;9-,10?;/m00./s1. The summed E-state index contributed by atoms with van der Waals surface area (Å²) in [5, 5.41) is 0. The Morgan fingerprint density at radius 2 is 1.21 bits per heavy atom. The van der Waals surface area contributed by atoms with Crippen molar-refractivity contribution < 1.29 is 63.9 Å². The van der Waals surface area contributed by atoms with Gasteiger partial charge in [-0.1, -0.05) is 17.9 Å². The van der Waals surface area contributed by atoms with E-state index in [4.69, 9.17) is 15.9 Å². The average molecular weight is 845 g/mol. The molecule has 0 radical (unpaired) electrons. The third-order valence-corrected chi connectivity index (χ3v) is 10.2. The first-order valence-corrected chi connectivity index (χ1v) is 20.8. The molecule has 4 aliphatic rings. The molecule has 4 heterocycles. The van der Waals surface area contributed by atoms with Crippen molar-refractivity contribution in [3.63, 3.8) is 0 Å². The van der Waals surface area contributed by atoms with Crippen LogP contribution < -0.4 is 0 Å². The molecule has 326 valence electrons. The second-order valence-corrected chi connectivity index (χ2v) is 17.6. The second-order valence-electron chi connectivity index (χ2n) is 16.0. The first-order valence-electron chi connectivity index (χ1n) is 19.4. The third-order valence-electron chi connectivity index (χ3n) is 9.17. The zero-order valence-corrected chi connectivity index (χ0v) is 35.7. The van der Waals surface area contributed by atoms with Crippen LogP contribution in [0.15, 0.2) is 23.5 Å². The highest BCUT2D eigenvalue weighted by atomic mass is 32.2. The predicted molar refractivity (Wildman–Crippen MR) is 209 cm³/mol. The largest absolute Gasteiger partial charge is 0.534 e. The minimum atomic E-state index is -5.77. The minimum absolute atomic E-state index is 0.0236. The van der Waals surface area contributed by atoms with Crippen LogP contribution in [-0.4, -0.2) is 97.4 Å². The molecule has 0 aromatic rings. The van der Waals surface area contributed by atoms with Gasteiger partial charge in [-0.05, 0) is 112 Å². The Bertz CT molecular complexity index is 1710. The number of halogens is 3. The number of carbonyl (C=O) groups excluding carboxylic acids is 4. The van der Waals surface area contributed by atoms with Crippen molar-refractivity contribution in [2.24, 2.45) is 0 Å². The number of ether oxygens (including phenoxy) is 4. The maximum absolute atomic E-state index is 12.6. The number of unbranched alkanes of at least 4 members (excludes halogenated alkanes) is 2. The Hall–Kier alpha value is -4.38. The van der Waals surface area contributed by atoms with Crippen molar-refractivity contribution in [2.45, 2.75) is 172 Å². The first kappa shape index (κ1) is 49.8. The van der Waals surface area contributed by atoms with Crippen LogP contribution in [0.3, 0.4) is 0 Å². The number of carbonyl (C=O) groups is 4. The van der Waals surface area contributed by atoms with E-state index in [0.29, 0.717) is 57.8 Å². The molecule has 4 bridgehead atoms. The number of allylic oxidation sites excluding steroid dienone is 2.